The van der Waals surface area contributed by atoms with E-state index in [1.807, 2.05) is 6.08 Å². The smallest absolute Gasteiger partial charge is 0.0765 e. The Morgan fingerprint density at radius 3 is 1.55 bits per heavy atom. The highest BCUT2D eigenvalue weighted by molar-refractivity contribution is 4.85. The van der Waals surface area contributed by atoms with Crippen molar-refractivity contribution in [2.75, 3.05) is 0 Å². The Labute approximate surface area is 70.1 Å². The predicted molar refractivity (Wildman–Crippen MR) is 50.5 cm³/mol. The predicted octanol–water partition coefficient (Wildman–Crippen LogP) is 1.49. The van der Waals surface area contributed by atoms with Gasteiger partial charge in [-0.15, -0.1) is 6.58 Å². The molecule has 0 aliphatic carbocycles. The van der Waals surface area contributed by atoms with Gasteiger partial charge in [0.1, 0.15) is 0 Å². The molecule has 0 heterocycles. The van der Waals surface area contributed by atoms with Crippen LogP contribution in [0.1, 0.15) is 27.7 Å². The molecular formula is C9H20N2. The van der Waals surface area contributed by atoms with Gasteiger partial charge in [0, 0.05) is 12.1 Å². The van der Waals surface area contributed by atoms with E-state index in [1.54, 1.807) is 0 Å². The van der Waals surface area contributed by atoms with Gasteiger partial charge < -0.3 is 0 Å². The normalized spacial score (nSPS) is 11.5. The van der Waals surface area contributed by atoms with Crippen molar-refractivity contribution in [1.29, 1.82) is 0 Å². The second-order valence-electron chi connectivity index (χ2n) is 3.36. The van der Waals surface area contributed by atoms with Crippen molar-refractivity contribution in [2.24, 2.45) is 0 Å². The van der Waals surface area contributed by atoms with E-state index < -0.39 is 0 Å². The van der Waals surface area contributed by atoms with Crippen LogP contribution in [0.5, 0.6) is 0 Å². The summed E-state index contributed by atoms with van der Waals surface area (Å²) in [6.07, 6.45) is 2.12. The van der Waals surface area contributed by atoms with Crippen LogP contribution in [-0.4, -0.2) is 18.2 Å². The summed E-state index contributed by atoms with van der Waals surface area (Å²) in [7, 11) is 0. The molecule has 2 N–H and O–H groups in total. The highest BCUT2D eigenvalue weighted by atomic mass is 15.1. The van der Waals surface area contributed by atoms with E-state index in [9.17, 15) is 0 Å². The summed E-state index contributed by atoms with van der Waals surface area (Å²) in [4.78, 5) is 0. The summed E-state index contributed by atoms with van der Waals surface area (Å²) in [6, 6.07) is 0.980. The van der Waals surface area contributed by atoms with E-state index in [0.717, 1.165) is 0 Å². The first kappa shape index (κ1) is 10.7. The molecule has 0 aromatic rings. The highest BCUT2D eigenvalue weighted by Crippen LogP contribution is 1.87. The van der Waals surface area contributed by atoms with Gasteiger partial charge in [-0.1, -0.05) is 6.08 Å². The molecule has 2 nitrogen and oxygen atoms in total. The molecule has 0 saturated heterocycles. The lowest BCUT2D eigenvalue weighted by atomic mass is 10.3. The fourth-order valence-corrected chi connectivity index (χ4v) is 0.902. The summed E-state index contributed by atoms with van der Waals surface area (Å²) >= 11 is 0. The van der Waals surface area contributed by atoms with Crippen molar-refractivity contribution in [3.05, 3.63) is 12.7 Å². The van der Waals surface area contributed by atoms with E-state index in [0.29, 0.717) is 12.1 Å². The van der Waals surface area contributed by atoms with Crippen molar-refractivity contribution < 1.29 is 0 Å². The van der Waals surface area contributed by atoms with E-state index >= 15 is 0 Å². The molecule has 11 heavy (non-hydrogen) atoms. The third-order valence-electron chi connectivity index (χ3n) is 1.26. The van der Waals surface area contributed by atoms with Crippen LogP contribution in [0.25, 0.3) is 0 Å². The minimum absolute atomic E-state index is 0.231. The van der Waals surface area contributed by atoms with Crippen LogP contribution < -0.4 is 10.6 Å². The van der Waals surface area contributed by atoms with Gasteiger partial charge in [0.15, 0.2) is 0 Å². The SMILES string of the molecule is C=CC(NC(C)C)NC(C)C. The Hall–Kier alpha value is -0.340. The number of nitrogens with one attached hydrogen (secondary N) is 2. The molecule has 66 valence electrons. The van der Waals surface area contributed by atoms with Crippen LogP contribution in [0.3, 0.4) is 0 Å². The molecule has 0 bridgehead atoms. The molecule has 0 unspecified atom stereocenters. The standard InChI is InChI=1S/C9H20N2/c1-6-9(10-7(2)3)11-8(4)5/h6-11H,1H2,2-5H3. The first-order valence-corrected chi connectivity index (χ1v) is 4.21. The zero-order valence-electron chi connectivity index (χ0n) is 8.02. The molecular weight excluding hydrogens is 136 g/mol. The second-order valence-corrected chi connectivity index (χ2v) is 3.36. The molecule has 0 radical (unpaired) electrons. The summed E-state index contributed by atoms with van der Waals surface area (Å²) in [5.41, 5.74) is 0. The average molecular weight is 156 g/mol. The summed E-state index contributed by atoms with van der Waals surface area (Å²) < 4.78 is 0. The maximum atomic E-state index is 3.74. The summed E-state index contributed by atoms with van der Waals surface area (Å²) in [6.45, 7) is 12.2. The van der Waals surface area contributed by atoms with Gasteiger partial charge in [-0.3, -0.25) is 10.6 Å². The molecule has 0 amide bonds. The van der Waals surface area contributed by atoms with E-state index in [1.165, 1.54) is 0 Å². The summed E-state index contributed by atoms with van der Waals surface area (Å²) in [5.74, 6) is 0. The Morgan fingerprint density at radius 1 is 1.00 bits per heavy atom. The Kier molecular flexibility index (Phi) is 5.16. The molecule has 2 heteroatoms. The van der Waals surface area contributed by atoms with Crippen molar-refractivity contribution >= 4 is 0 Å². The zero-order valence-corrected chi connectivity index (χ0v) is 8.02. The van der Waals surface area contributed by atoms with Gasteiger partial charge in [0.25, 0.3) is 0 Å². The van der Waals surface area contributed by atoms with Crippen LogP contribution in [0.2, 0.25) is 0 Å². The van der Waals surface area contributed by atoms with Crippen molar-refractivity contribution in [3.63, 3.8) is 0 Å². The number of hydrogen-bond donors (Lipinski definition) is 2. The topological polar surface area (TPSA) is 24.1 Å². The maximum absolute atomic E-state index is 3.74. The lowest BCUT2D eigenvalue weighted by Crippen LogP contribution is -2.46. The van der Waals surface area contributed by atoms with Crippen LogP contribution in [0.15, 0.2) is 12.7 Å². The Balaban J connectivity index is 3.67. The fraction of sp³-hybridized carbons (Fsp3) is 0.778. The van der Waals surface area contributed by atoms with Gasteiger partial charge in [-0.2, -0.15) is 0 Å². The van der Waals surface area contributed by atoms with Crippen LogP contribution in [0, 0.1) is 0 Å². The number of hydrogen-bond acceptors (Lipinski definition) is 2. The quantitative estimate of drug-likeness (QED) is 0.465. The van der Waals surface area contributed by atoms with Gasteiger partial charge in [0.05, 0.1) is 6.17 Å². The van der Waals surface area contributed by atoms with Gasteiger partial charge in [0.2, 0.25) is 0 Å². The van der Waals surface area contributed by atoms with Crippen LogP contribution in [0.4, 0.5) is 0 Å². The molecule has 0 aromatic carbocycles. The molecule has 0 rings (SSSR count). The van der Waals surface area contributed by atoms with Gasteiger partial charge in [-0.05, 0) is 27.7 Å². The molecule has 0 spiro atoms. The van der Waals surface area contributed by atoms with E-state index in [4.69, 9.17) is 0 Å². The fourth-order valence-electron chi connectivity index (χ4n) is 0.902. The largest absolute Gasteiger partial charge is 0.296 e. The first-order chi connectivity index (χ1) is 5.06. The van der Waals surface area contributed by atoms with E-state index in [2.05, 4.69) is 44.9 Å². The molecule has 0 saturated carbocycles. The average Bonchev–Trinajstić information content (AvgIpc) is 1.84. The van der Waals surface area contributed by atoms with Crippen LogP contribution >= 0.6 is 0 Å². The monoisotopic (exact) mass is 156 g/mol. The number of rotatable bonds is 5. The minimum Gasteiger partial charge on any atom is -0.296 e. The second kappa shape index (κ2) is 5.33. The third-order valence-corrected chi connectivity index (χ3v) is 1.26. The third kappa shape index (κ3) is 6.07. The lowest BCUT2D eigenvalue weighted by molar-refractivity contribution is 0.420. The highest BCUT2D eigenvalue weighted by Gasteiger charge is 2.04. The van der Waals surface area contributed by atoms with Gasteiger partial charge >= 0.3 is 0 Å². The Morgan fingerprint density at radius 2 is 1.36 bits per heavy atom. The molecule has 0 fully saturated rings. The molecule has 0 aromatic heterocycles. The van der Waals surface area contributed by atoms with Crippen molar-refractivity contribution in [2.45, 2.75) is 45.9 Å². The summed E-state index contributed by atoms with van der Waals surface area (Å²) in [5, 5.41) is 6.66. The lowest BCUT2D eigenvalue weighted by Gasteiger charge is -2.21. The Bertz CT molecular complexity index is 98.1. The minimum atomic E-state index is 0.231. The molecule has 0 aliphatic heterocycles. The molecule has 0 aliphatic rings. The van der Waals surface area contributed by atoms with Crippen LogP contribution in [-0.2, 0) is 0 Å². The molecule has 0 atom stereocenters. The zero-order chi connectivity index (χ0) is 8.85. The first-order valence-electron chi connectivity index (χ1n) is 4.21. The van der Waals surface area contributed by atoms with Crippen molar-refractivity contribution in [1.82, 2.24) is 10.6 Å². The van der Waals surface area contributed by atoms with Crippen molar-refractivity contribution in [3.8, 4) is 0 Å². The van der Waals surface area contributed by atoms with Gasteiger partial charge in [-0.25, -0.2) is 0 Å². The van der Waals surface area contributed by atoms with E-state index in [-0.39, 0.29) is 6.17 Å². The maximum Gasteiger partial charge on any atom is 0.0765 e.